The minimum atomic E-state index is -0.0100. The summed E-state index contributed by atoms with van der Waals surface area (Å²) >= 11 is 0. The van der Waals surface area contributed by atoms with Crippen LogP contribution in [0.25, 0.3) is 33.0 Å². The highest BCUT2D eigenvalue weighted by Gasteiger charge is 2.35. The van der Waals surface area contributed by atoms with Crippen LogP contribution in [0, 0.1) is 6.92 Å². The van der Waals surface area contributed by atoms with E-state index in [1.54, 1.807) is 0 Å². The summed E-state index contributed by atoms with van der Waals surface area (Å²) in [4.78, 5) is 2.35. The molecule has 2 heteroatoms. The normalized spacial score (nSPS) is 13.2. The minimum Gasteiger partial charge on any atom is -0.398 e. The van der Waals surface area contributed by atoms with Gasteiger partial charge in [0.15, 0.2) is 0 Å². The molecule has 2 N–H and O–H groups in total. The number of nitrogen functional groups attached to an aromatic ring is 1. The van der Waals surface area contributed by atoms with E-state index in [1.165, 1.54) is 44.3 Å². The number of hydrogen-bond donors (Lipinski definition) is 1. The minimum absolute atomic E-state index is 0.0100. The highest BCUT2D eigenvalue weighted by atomic mass is 15.1. The molecule has 194 valence electrons. The molecule has 0 unspecified atom stereocenters. The first kappa shape index (κ1) is 24.2. The lowest BCUT2D eigenvalue weighted by molar-refractivity contribution is 0.660. The van der Waals surface area contributed by atoms with E-state index < -0.39 is 0 Å². The van der Waals surface area contributed by atoms with Crippen LogP contribution in [0.3, 0.4) is 0 Å². The van der Waals surface area contributed by atoms with Gasteiger partial charge in [0.1, 0.15) is 0 Å². The van der Waals surface area contributed by atoms with Crippen LogP contribution in [0.1, 0.15) is 30.5 Å². The van der Waals surface area contributed by atoms with Gasteiger partial charge in [-0.2, -0.15) is 0 Å². The molecule has 0 radical (unpaired) electrons. The van der Waals surface area contributed by atoms with Gasteiger partial charge in [0, 0.05) is 33.6 Å². The molecule has 6 aromatic rings. The third-order valence-electron chi connectivity index (χ3n) is 8.56. The zero-order valence-corrected chi connectivity index (χ0v) is 23.1. The summed E-state index contributed by atoms with van der Waals surface area (Å²) in [7, 11) is 0. The van der Waals surface area contributed by atoms with Gasteiger partial charge in [0.25, 0.3) is 0 Å². The first-order valence-corrected chi connectivity index (χ1v) is 13.9. The number of nitrogens with zero attached hydrogens (tertiary/aromatic N) is 1. The molecule has 2 nitrogen and oxygen atoms in total. The Labute approximate surface area is 236 Å². The molecule has 0 amide bonds. The fourth-order valence-corrected chi connectivity index (χ4v) is 6.53. The summed E-state index contributed by atoms with van der Waals surface area (Å²) < 4.78 is 0. The maximum atomic E-state index is 6.38. The standard InChI is InChI=1S/C38H32N2/c1-25-10-9-14-32-30(21-23-36(39)37(25)32)26-16-18-28(19-17-26)40(27-11-5-4-6-12-27)29-20-22-35-33(24-29)31-13-7-8-15-34(31)38(35,2)3/h4-24H,39H2,1-3H3. The van der Waals surface area contributed by atoms with Gasteiger partial charge < -0.3 is 10.6 Å². The van der Waals surface area contributed by atoms with Crippen molar-refractivity contribution in [2.75, 3.05) is 10.6 Å². The van der Waals surface area contributed by atoms with Gasteiger partial charge in [-0.25, -0.2) is 0 Å². The van der Waals surface area contributed by atoms with Crippen LogP contribution < -0.4 is 10.6 Å². The molecule has 40 heavy (non-hydrogen) atoms. The van der Waals surface area contributed by atoms with Crippen LogP contribution in [-0.4, -0.2) is 0 Å². The van der Waals surface area contributed by atoms with Gasteiger partial charge in [-0.3, -0.25) is 0 Å². The summed E-state index contributed by atoms with van der Waals surface area (Å²) in [5.74, 6) is 0. The number of anilines is 4. The van der Waals surface area contributed by atoms with Crippen molar-refractivity contribution < 1.29 is 0 Å². The molecule has 0 spiro atoms. The fourth-order valence-electron chi connectivity index (χ4n) is 6.53. The number of rotatable bonds is 4. The first-order chi connectivity index (χ1) is 19.4. The third-order valence-corrected chi connectivity index (χ3v) is 8.56. The van der Waals surface area contributed by atoms with Crippen molar-refractivity contribution in [3.63, 3.8) is 0 Å². The van der Waals surface area contributed by atoms with E-state index in [2.05, 4.69) is 147 Å². The van der Waals surface area contributed by atoms with Gasteiger partial charge in [-0.05, 0) is 93.7 Å². The summed E-state index contributed by atoms with van der Waals surface area (Å²) in [6, 6.07) is 45.9. The van der Waals surface area contributed by atoms with Crippen LogP contribution in [0.15, 0.2) is 127 Å². The SMILES string of the molecule is Cc1cccc2c(-c3ccc(N(c4ccccc4)c4ccc5c(c4)-c4ccccc4C5(C)C)cc3)ccc(N)c12. The van der Waals surface area contributed by atoms with Gasteiger partial charge in [-0.1, -0.05) is 98.8 Å². The number of aryl methyl sites for hydroxylation is 1. The summed E-state index contributed by atoms with van der Waals surface area (Å²) in [5, 5.41) is 2.32. The molecular formula is C38H32N2. The fraction of sp³-hybridized carbons (Fsp3) is 0.105. The predicted octanol–water partition coefficient (Wildman–Crippen LogP) is 10.2. The Bertz CT molecular complexity index is 1870. The topological polar surface area (TPSA) is 29.3 Å². The summed E-state index contributed by atoms with van der Waals surface area (Å²) in [5.41, 5.74) is 19.6. The molecule has 0 aromatic heterocycles. The number of benzene rings is 6. The van der Waals surface area contributed by atoms with Crippen molar-refractivity contribution in [3.05, 3.63) is 144 Å². The van der Waals surface area contributed by atoms with E-state index >= 15 is 0 Å². The zero-order chi connectivity index (χ0) is 27.4. The number of nitrogens with two attached hydrogens (primary N) is 1. The Morgan fingerprint density at radius 2 is 1.23 bits per heavy atom. The zero-order valence-electron chi connectivity index (χ0n) is 23.1. The van der Waals surface area contributed by atoms with Crippen LogP contribution in [0.4, 0.5) is 22.7 Å². The second kappa shape index (κ2) is 9.14. The summed E-state index contributed by atoms with van der Waals surface area (Å²) in [6.07, 6.45) is 0. The van der Waals surface area contributed by atoms with Crippen molar-refractivity contribution in [3.8, 4) is 22.3 Å². The Hall–Kier alpha value is -4.82. The molecule has 0 saturated carbocycles. The van der Waals surface area contributed by atoms with E-state index in [0.717, 1.165) is 28.1 Å². The number of hydrogen-bond acceptors (Lipinski definition) is 2. The Kier molecular flexibility index (Phi) is 5.54. The van der Waals surface area contributed by atoms with Gasteiger partial charge in [0.2, 0.25) is 0 Å². The van der Waals surface area contributed by atoms with Gasteiger partial charge >= 0.3 is 0 Å². The second-order valence-electron chi connectivity index (χ2n) is 11.3. The molecule has 1 aliphatic rings. The molecule has 0 aliphatic heterocycles. The highest BCUT2D eigenvalue weighted by molar-refractivity contribution is 6.04. The molecule has 0 heterocycles. The van der Waals surface area contributed by atoms with Crippen molar-refractivity contribution in [2.45, 2.75) is 26.2 Å². The first-order valence-electron chi connectivity index (χ1n) is 13.9. The smallest absolute Gasteiger partial charge is 0.0468 e. The largest absolute Gasteiger partial charge is 0.398 e. The molecule has 1 aliphatic carbocycles. The highest BCUT2D eigenvalue weighted by Crippen LogP contribution is 2.50. The lowest BCUT2D eigenvalue weighted by atomic mass is 9.82. The Morgan fingerprint density at radius 1 is 0.550 bits per heavy atom. The van der Waals surface area contributed by atoms with Crippen molar-refractivity contribution in [2.24, 2.45) is 0 Å². The molecule has 6 aromatic carbocycles. The molecule has 7 rings (SSSR count). The quantitative estimate of drug-likeness (QED) is 0.236. The summed E-state index contributed by atoms with van der Waals surface area (Å²) in [6.45, 7) is 6.78. The molecule has 0 bridgehead atoms. The third kappa shape index (κ3) is 3.71. The predicted molar refractivity (Wildman–Crippen MR) is 171 cm³/mol. The second-order valence-corrected chi connectivity index (χ2v) is 11.3. The number of para-hydroxylation sites is 1. The maximum absolute atomic E-state index is 6.38. The Morgan fingerprint density at radius 3 is 2.02 bits per heavy atom. The van der Waals surface area contributed by atoms with Gasteiger partial charge in [-0.15, -0.1) is 0 Å². The van der Waals surface area contributed by atoms with Crippen LogP contribution in [0.5, 0.6) is 0 Å². The molecule has 0 saturated heterocycles. The average molecular weight is 517 g/mol. The van der Waals surface area contributed by atoms with Crippen LogP contribution in [-0.2, 0) is 5.41 Å². The van der Waals surface area contributed by atoms with Crippen molar-refractivity contribution in [1.29, 1.82) is 0 Å². The van der Waals surface area contributed by atoms with E-state index in [4.69, 9.17) is 5.73 Å². The monoisotopic (exact) mass is 516 g/mol. The lowest BCUT2D eigenvalue weighted by Crippen LogP contribution is -2.15. The average Bonchev–Trinajstić information content (AvgIpc) is 3.21. The molecule has 0 fully saturated rings. The maximum Gasteiger partial charge on any atom is 0.0468 e. The van der Waals surface area contributed by atoms with Crippen LogP contribution in [0.2, 0.25) is 0 Å². The molecular weight excluding hydrogens is 484 g/mol. The van der Waals surface area contributed by atoms with Crippen molar-refractivity contribution in [1.82, 2.24) is 0 Å². The van der Waals surface area contributed by atoms with E-state index in [1.807, 2.05) is 6.07 Å². The lowest BCUT2D eigenvalue weighted by Gasteiger charge is -2.27. The van der Waals surface area contributed by atoms with E-state index in [-0.39, 0.29) is 5.41 Å². The van der Waals surface area contributed by atoms with Crippen molar-refractivity contribution >= 4 is 33.5 Å². The van der Waals surface area contributed by atoms with Crippen LogP contribution >= 0.6 is 0 Å². The Balaban J connectivity index is 1.35. The van der Waals surface area contributed by atoms with E-state index in [0.29, 0.717) is 0 Å². The number of fused-ring (bicyclic) bond motifs is 4. The van der Waals surface area contributed by atoms with E-state index in [9.17, 15) is 0 Å². The van der Waals surface area contributed by atoms with Gasteiger partial charge in [0.05, 0.1) is 0 Å². The molecule has 0 atom stereocenters.